The average molecular weight is 348 g/mol. The maximum Gasteiger partial charge on any atom is 0.161 e. The smallest absolute Gasteiger partial charge is 0.161 e. The second-order valence-electron chi connectivity index (χ2n) is 7.56. The van der Waals surface area contributed by atoms with Gasteiger partial charge in [-0.3, -0.25) is 0 Å². The molecule has 3 heterocycles. The highest BCUT2D eigenvalue weighted by atomic mass is 16.5. The number of aryl methyl sites for hydroxylation is 2. The lowest BCUT2D eigenvalue weighted by Gasteiger charge is -2.33. The molecule has 0 amide bonds. The van der Waals surface area contributed by atoms with Crippen LogP contribution < -0.4 is 9.64 Å². The van der Waals surface area contributed by atoms with Gasteiger partial charge in [-0.2, -0.15) is 0 Å². The Balaban J connectivity index is 1.74. The highest BCUT2D eigenvalue weighted by molar-refractivity contribution is 5.91. The Morgan fingerprint density at radius 2 is 1.96 bits per heavy atom. The third-order valence-electron chi connectivity index (χ3n) is 5.89. The van der Waals surface area contributed by atoms with Gasteiger partial charge in [0.1, 0.15) is 17.1 Å². The molecule has 1 fully saturated rings. The first-order chi connectivity index (χ1) is 12.7. The molecule has 2 unspecified atom stereocenters. The number of hydrogen-bond donors (Lipinski definition) is 1. The highest BCUT2D eigenvalue weighted by Gasteiger charge is 2.42. The van der Waals surface area contributed by atoms with Crippen molar-refractivity contribution in [3.8, 4) is 5.75 Å². The molecular weight excluding hydrogens is 324 g/mol. The fourth-order valence-corrected chi connectivity index (χ4v) is 4.82. The summed E-state index contributed by atoms with van der Waals surface area (Å²) in [7, 11) is 1.74. The summed E-state index contributed by atoms with van der Waals surface area (Å²) in [6.07, 6.45) is 5.01. The van der Waals surface area contributed by atoms with E-state index in [-0.39, 0.29) is 0 Å². The maximum absolute atomic E-state index is 5.50. The fraction of sp³-hybridized carbons (Fsp3) is 0.429. The molecule has 2 aromatic heterocycles. The minimum absolute atomic E-state index is 0.465. The fourth-order valence-electron chi connectivity index (χ4n) is 4.82. The van der Waals surface area contributed by atoms with E-state index in [2.05, 4.69) is 46.1 Å². The molecule has 26 heavy (non-hydrogen) atoms. The van der Waals surface area contributed by atoms with Crippen molar-refractivity contribution in [2.45, 2.75) is 51.5 Å². The normalized spacial score (nSPS) is 21.7. The third-order valence-corrected chi connectivity index (χ3v) is 5.89. The summed E-state index contributed by atoms with van der Waals surface area (Å²) in [5.74, 6) is 3.33. The first-order valence-corrected chi connectivity index (χ1v) is 9.47. The first kappa shape index (κ1) is 15.7. The number of nitrogens with zero attached hydrogens (tertiary/aromatic N) is 3. The average Bonchev–Trinajstić information content (AvgIpc) is 3.17. The second kappa shape index (κ2) is 5.73. The molecule has 0 radical (unpaired) electrons. The van der Waals surface area contributed by atoms with Crippen LogP contribution in [0.3, 0.4) is 0 Å². The van der Waals surface area contributed by atoms with Crippen molar-refractivity contribution in [1.82, 2.24) is 15.0 Å². The van der Waals surface area contributed by atoms with Crippen LogP contribution in [0.4, 0.5) is 11.5 Å². The molecule has 0 bridgehead atoms. The largest absolute Gasteiger partial charge is 0.497 e. The molecule has 1 aliphatic carbocycles. The van der Waals surface area contributed by atoms with Gasteiger partial charge in [-0.1, -0.05) is 12.8 Å². The molecule has 0 spiro atoms. The number of anilines is 2. The number of H-pyrrole nitrogens is 1. The second-order valence-corrected chi connectivity index (χ2v) is 7.56. The first-order valence-electron chi connectivity index (χ1n) is 9.47. The van der Waals surface area contributed by atoms with Crippen molar-refractivity contribution in [2.24, 2.45) is 0 Å². The minimum atomic E-state index is 0.465. The standard InChI is InChI=1S/C21H24N4O/c1-12-10-17-20(22-12)21(24-13(2)23-17)25-18-7-5-4-6-15(18)16-11-14(26-3)8-9-19(16)25/h8-11,15,18,22H,4-7H2,1-3H3. The number of rotatable bonds is 2. The van der Waals surface area contributed by atoms with E-state index < -0.39 is 0 Å². The number of aromatic nitrogens is 3. The van der Waals surface area contributed by atoms with Crippen LogP contribution in [0.5, 0.6) is 5.75 Å². The summed E-state index contributed by atoms with van der Waals surface area (Å²) < 4.78 is 5.50. The zero-order valence-electron chi connectivity index (χ0n) is 15.5. The van der Waals surface area contributed by atoms with E-state index in [1.165, 1.54) is 36.9 Å². The van der Waals surface area contributed by atoms with E-state index in [9.17, 15) is 0 Å². The van der Waals surface area contributed by atoms with Crippen LogP contribution in [0, 0.1) is 13.8 Å². The molecule has 0 saturated heterocycles. The van der Waals surface area contributed by atoms with Gasteiger partial charge in [-0.15, -0.1) is 0 Å². The predicted octanol–water partition coefficient (Wildman–Crippen LogP) is 4.76. The molecule has 5 nitrogen and oxygen atoms in total. The van der Waals surface area contributed by atoms with Crippen LogP contribution >= 0.6 is 0 Å². The molecule has 5 heteroatoms. The zero-order chi connectivity index (χ0) is 17.8. The van der Waals surface area contributed by atoms with Crippen LogP contribution in [0.25, 0.3) is 11.0 Å². The number of hydrogen-bond acceptors (Lipinski definition) is 4. The van der Waals surface area contributed by atoms with Crippen molar-refractivity contribution in [3.63, 3.8) is 0 Å². The lowest BCUT2D eigenvalue weighted by molar-refractivity contribution is 0.397. The van der Waals surface area contributed by atoms with Crippen molar-refractivity contribution < 1.29 is 4.74 Å². The summed E-state index contributed by atoms with van der Waals surface area (Å²) in [6.45, 7) is 4.06. The number of nitrogens with one attached hydrogen (secondary N) is 1. The van der Waals surface area contributed by atoms with Gasteiger partial charge in [0.05, 0.1) is 12.6 Å². The zero-order valence-corrected chi connectivity index (χ0v) is 15.5. The summed E-state index contributed by atoms with van der Waals surface area (Å²) in [6, 6.07) is 9.06. The van der Waals surface area contributed by atoms with Gasteiger partial charge < -0.3 is 14.6 Å². The number of fused-ring (bicyclic) bond motifs is 4. The van der Waals surface area contributed by atoms with Crippen molar-refractivity contribution >= 4 is 22.5 Å². The van der Waals surface area contributed by atoms with Gasteiger partial charge in [-0.25, -0.2) is 9.97 Å². The van der Waals surface area contributed by atoms with Crippen molar-refractivity contribution in [2.75, 3.05) is 12.0 Å². The molecule has 1 aromatic carbocycles. The van der Waals surface area contributed by atoms with Gasteiger partial charge in [-0.05, 0) is 56.5 Å². The topological polar surface area (TPSA) is 54.0 Å². The van der Waals surface area contributed by atoms with E-state index in [0.29, 0.717) is 12.0 Å². The summed E-state index contributed by atoms with van der Waals surface area (Å²) in [4.78, 5) is 15.5. The Morgan fingerprint density at radius 1 is 1.12 bits per heavy atom. The minimum Gasteiger partial charge on any atom is -0.497 e. The SMILES string of the molecule is COc1ccc2c(c1)C1CCCCC1N2c1nc(C)nc2cc(C)[nH]c12. The number of aromatic amines is 1. The lowest BCUT2D eigenvalue weighted by Crippen LogP contribution is -2.33. The Hall–Kier alpha value is -2.56. The number of benzene rings is 1. The molecule has 2 atom stereocenters. The van der Waals surface area contributed by atoms with Gasteiger partial charge in [0.15, 0.2) is 5.82 Å². The summed E-state index contributed by atoms with van der Waals surface area (Å²) in [5.41, 5.74) is 5.84. The summed E-state index contributed by atoms with van der Waals surface area (Å²) >= 11 is 0. The molecule has 1 N–H and O–H groups in total. The predicted molar refractivity (Wildman–Crippen MR) is 103 cm³/mol. The highest BCUT2D eigenvalue weighted by Crippen LogP contribution is 2.52. The van der Waals surface area contributed by atoms with Gasteiger partial charge in [0.25, 0.3) is 0 Å². The molecule has 5 rings (SSSR count). The van der Waals surface area contributed by atoms with E-state index in [0.717, 1.165) is 34.1 Å². The van der Waals surface area contributed by atoms with Gasteiger partial charge >= 0.3 is 0 Å². The van der Waals surface area contributed by atoms with E-state index in [1.807, 2.05) is 6.92 Å². The molecule has 2 aliphatic rings. The van der Waals surface area contributed by atoms with E-state index in [1.54, 1.807) is 7.11 Å². The Morgan fingerprint density at radius 3 is 2.81 bits per heavy atom. The quantitative estimate of drug-likeness (QED) is 0.725. The van der Waals surface area contributed by atoms with Gasteiger partial charge in [0, 0.05) is 23.3 Å². The van der Waals surface area contributed by atoms with Crippen molar-refractivity contribution in [3.05, 3.63) is 41.3 Å². The number of ether oxygens (including phenoxy) is 1. The van der Waals surface area contributed by atoms with Crippen LogP contribution in [0.2, 0.25) is 0 Å². The Kier molecular flexibility index (Phi) is 3.45. The van der Waals surface area contributed by atoms with E-state index in [4.69, 9.17) is 9.72 Å². The molecular formula is C21H24N4O. The lowest BCUT2D eigenvalue weighted by atomic mass is 9.82. The molecule has 134 valence electrons. The molecule has 1 saturated carbocycles. The van der Waals surface area contributed by atoms with E-state index >= 15 is 0 Å². The maximum atomic E-state index is 5.50. The van der Waals surface area contributed by atoms with Crippen LogP contribution in [-0.4, -0.2) is 28.1 Å². The third kappa shape index (κ3) is 2.23. The Labute approximate surface area is 153 Å². The molecule has 3 aromatic rings. The van der Waals surface area contributed by atoms with Crippen molar-refractivity contribution in [1.29, 1.82) is 0 Å². The summed E-state index contributed by atoms with van der Waals surface area (Å²) in [5, 5.41) is 0. The monoisotopic (exact) mass is 348 g/mol. The van der Waals surface area contributed by atoms with Crippen LogP contribution in [0.15, 0.2) is 24.3 Å². The Bertz CT molecular complexity index is 993. The van der Waals surface area contributed by atoms with Gasteiger partial charge in [0.2, 0.25) is 0 Å². The molecule has 1 aliphatic heterocycles. The van der Waals surface area contributed by atoms with Crippen LogP contribution in [0.1, 0.15) is 48.7 Å². The van der Waals surface area contributed by atoms with Crippen LogP contribution in [-0.2, 0) is 0 Å². The number of methoxy groups -OCH3 is 1.